The summed E-state index contributed by atoms with van der Waals surface area (Å²) in [5, 5.41) is 27.0. The maximum absolute atomic E-state index is 12.2. The van der Waals surface area contributed by atoms with Crippen LogP contribution in [0.5, 0.6) is 0 Å². The summed E-state index contributed by atoms with van der Waals surface area (Å²) in [4.78, 5) is 22.4. The highest BCUT2D eigenvalue weighted by atomic mass is 16.6. The third-order valence-electron chi connectivity index (χ3n) is 2.88. The number of carbonyl (C=O) groups is 1. The second-order valence-corrected chi connectivity index (χ2v) is 4.39. The Balaban J connectivity index is 2.15. The van der Waals surface area contributed by atoms with Gasteiger partial charge in [-0.3, -0.25) is 14.9 Å². The minimum atomic E-state index is -0.542. The molecule has 0 saturated heterocycles. The van der Waals surface area contributed by atoms with Crippen molar-refractivity contribution in [3.8, 4) is 0 Å². The first-order chi connectivity index (χ1) is 10.1. The molecule has 2 aromatic rings. The van der Waals surface area contributed by atoms with Crippen LogP contribution < -0.4 is 5.32 Å². The van der Waals surface area contributed by atoms with E-state index in [0.29, 0.717) is 12.2 Å². The first kappa shape index (κ1) is 14.6. The van der Waals surface area contributed by atoms with E-state index in [2.05, 4.69) is 25.9 Å². The van der Waals surface area contributed by atoms with Gasteiger partial charge in [0.05, 0.1) is 11.0 Å². The molecular formula is C12H14N6O3. The zero-order valence-electron chi connectivity index (χ0n) is 11.3. The Labute approximate surface area is 119 Å². The van der Waals surface area contributed by atoms with E-state index in [0.717, 1.165) is 6.42 Å². The number of aromatic nitrogens is 4. The summed E-state index contributed by atoms with van der Waals surface area (Å²) in [7, 11) is 0. The standard InChI is InChI=1S/C12H14N6O3/c1-2-4-10(11-14-16-17-15-11)13-12(19)8-5-3-6-9(7-8)18(20)21/h3,5-7,10H,2,4H2,1H3,(H,13,19)(H,14,15,16,17)/t10-/m0/s1. The highest BCUT2D eigenvalue weighted by Crippen LogP contribution is 2.17. The molecule has 1 atom stereocenters. The largest absolute Gasteiger partial charge is 0.342 e. The summed E-state index contributed by atoms with van der Waals surface area (Å²) in [5.74, 6) is -0.0300. The number of hydrogen-bond acceptors (Lipinski definition) is 6. The lowest BCUT2D eigenvalue weighted by Crippen LogP contribution is -2.29. The van der Waals surface area contributed by atoms with Gasteiger partial charge in [0, 0.05) is 17.7 Å². The summed E-state index contributed by atoms with van der Waals surface area (Å²) >= 11 is 0. The molecule has 1 aromatic carbocycles. The first-order valence-electron chi connectivity index (χ1n) is 6.40. The van der Waals surface area contributed by atoms with Gasteiger partial charge in [-0.1, -0.05) is 24.6 Å². The van der Waals surface area contributed by atoms with Crippen LogP contribution in [0.3, 0.4) is 0 Å². The SMILES string of the molecule is CCC[C@H](NC(=O)c1cccc([N+](=O)[O-])c1)c1nn[nH]n1. The van der Waals surface area contributed by atoms with Gasteiger partial charge in [0.25, 0.3) is 11.6 Å². The number of rotatable bonds is 6. The lowest BCUT2D eigenvalue weighted by molar-refractivity contribution is -0.384. The molecule has 0 aliphatic heterocycles. The van der Waals surface area contributed by atoms with Gasteiger partial charge >= 0.3 is 0 Å². The number of hydrogen-bond donors (Lipinski definition) is 2. The molecule has 0 spiro atoms. The van der Waals surface area contributed by atoms with Crippen LogP contribution in [-0.4, -0.2) is 31.5 Å². The van der Waals surface area contributed by atoms with Crippen molar-refractivity contribution in [2.45, 2.75) is 25.8 Å². The van der Waals surface area contributed by atoms with Crippen molar-refractivity contribution in [2.24, 2.45) is 0 Å². The molecule has 0 saturated carbocycles. The number of H-pyrrole nitrogens is 1. The summed E-state index contributed by atoms with van der Waals surface area (Å²) in [5.41, 5.74) is 0.0862. The molecule has 2 N–H and O–H groups in total. The summed E-state index contributed by atoms with van der Waals surface area (Å²) in [6, 6.07) is 5.16. The van der Waals surface area contributed by atoms with Crippen molar-refractivity contribution in [1.82, 2.24) is 25.9 Å². The molecule has 9 heteroatoms. The van der Waals surface area contributed by atoms with Crippen molar-refractivity contribution < 1.29 is 9.72 Å². The van der Waals surface area contributed by atoms with E-state index in [1.807, 2.05) is 6.92 Å². The molecule has 2 rings (SSSR count). The Kier molecular flexibility index (Phi) is 4.54. The minimum Gasteiger partial charge on any atom is -0.342 e. The van der Waals surface area contributed by atoms with Crippen LogP contribution in [0.4, 0.5) is 5.69 Å². The van der Waals surface area contributed by atoms with E-state index in [1.165, 1.54) is 24.3 Å². The van der Waals surface area contributed by atoms with E-state index in [-0.39, 0.29) is 17.3 Å². The second kappa shape index (κ2) is 6.55. The zero-order valence-corrected chi connectivity index (χ0v) is 11.3. The quantitative estimate of drug-likeness (QED) is 0.611. The maximum Gasteiger partial charge on any atom is 0.270 e. The third kappa shape index (κ3) is 3.59. The lowest BCUT2D eigenvalue weighted by atomic mass is 10.1. The fraction of sp³-hybridized carbons (Fsp3) is 0.333. The monoisotopic (exact) mass is 290 g/mol. The van der Waals surface area contributed by atoms with Crippen LogP contribution in [0.25, 0.3) is 0 Å². The Morgan fingerprint density at radius 3 is 2.95 bits per heavy atom. The van der Waals surface area contributed by atoms with Crippen molar-refractivity contribution in [1.29, 1.82) is 0 Å². The molecule has 0 bridgehead atoms. The van der Waals surface area contributed by atoms with Crippen LogP contribution in [0.2, 0.25) is 0 Å². The molecule has 110 valence electrons. The normalized spacial score (nSPS) is 11.9. The van der Waals surface area contributed by atoms with Gasteiger partial charge in [-0.05, 0) is 12.5 Å². The number of aromatic amines is 1. The highest BCUT2D eigenvalue weighted by Gasteiger charge is 2.19. The van der Waals surface area contributed by atoms with Crippen LogP contribution in [-0.2, 0) is 0 Å². The molecule has 0 unspecified atom stereocenters. The van der Waals surface area contributed by atoms with Crippen molar-refractivity contribution in [3.63, 3.8) is 0 Å². The number of benzene rings is 1. The molecule has 0 radical (unpaired) electrons. The van der Waals surface area contributed by atoms with Crippen LogP contribution in [0.1, 0.15) is 42.0 Å². The topological polar surface area (TPSA) is 127 Å². The van der Waals surface area contributed by atoms with E-state index in [1.54, 1.807) is 0 Å². The molecule has 1 aromatic heterocycles. The highest BCUT2D eigenvalue weighted by molar-refractivity contribution is 5.95. The molecule has 0 aliphatic carbocycles. The van der Waals surface area contributed by atoms with E-state index in [4.69, 9.17) is 0 Å². The number of tetrazole rings is 1. The van der Waals surface area contributed by atoms with Gasteiger partial charge in [-0.2, -0.15) is 5.21 Å². The number of nitro benzene ring substituents is 1. The predicted molar refractivity (Wildman–Crippen MR) is 72.4 cm³/mol. The summed E-state index contributed by atoms with van der Waals surface area (Å²) in [6.07, 6.45) is 1.45. The second-order valence-electron chi connectivity index (χ2n) is 4.39. The average Bonchev–Trinajstić information content (AvgIpc) is 3.01. The minimum absolute atomic E-state index is 0.130. The number of nitro groups is 1. The van der Waals surface area contributed by atoms with Gasteiger partial charge in [-0.15, -0.1) is 10.2 Å². The van der Waals surface area contributed by atoms with Crippen LogP contribution in [0, 0.1) is 10.1 Å². The molecule has 9 nitrogen and oxygen atoms in total. The third-order valence-corrected chi connectivity index (χ3v) is 2.88. The van der Waals surface area contributed by atoms with E-state index < -0.39 is 10.8 Å². The molecule has 0 aliphatic rings. The molecular weight excluding hydrogens is 276 g/mol. The van der Waals surface area contributed by atoms with E-state index >= 15 is 0 Å². The smallest absolute Gasteiger partial charge is 0.270 e. The van der Waals surface area contributed by atoms with E-state index in [9.17, 15) is 14.9 Å². The average molecular weight is 290 g/mol. The Morgan fingerprint density at radius 2 is 2.33 bits per heavy atom. The lowest BCUT2D eigenvalue weighted by Gasteiger charge is -2.14. The molecule has 0 fully saturated rings. The van der Waals surface area contributed by atoms with Gasteiger partial charge in [0.15, 0.2) is 5.82 Å². The zero-order chi connectivity index (χ0) is 15.2. The first-order valence-corrected chi connectivity index (χ1v) is 6.40. The van der Waals surface area contributed by atoms with Gasteiger partial charge in [0.2, 0.25) is 0 Å². The number of carbonyl (C=O) groups excluding carboxylic acids is 1. The maximum atomic E-state index is 12.2. The molecule has 21 heavy (non-hydrogen) atoms. The fourth-order valence-corrected chi connectivity index (χ4v) is 1.87. The van der Waals surface area contributed by atoms with Crippen molar-refractivity contribution in [3.05, 3.63) is 45.8 Å². The Bertz CT molecular complexity index is 628. The number of nitrogens with zero attached hydrogens (tertiary/aromatic N) is 4. The summed E-state index contributed by atoms with van der Waals surface area (Å²) < 4.78 is 0. The van der Waals surface area contributed by atoms with Gasteiger partial charge in [0.1, 0.15) is 0 Å². The number of non-ortho nitro benzene ring substituents is 1. The number of amides is 1. The Hall–Kier alpha value is -2.84. The van der Waals surface area contributed by atoms with Gasteiger partial charge in [-0.25, -0.2) is 0 Å². The van der Waals surface area contributed by atoms with Crippen molar-refractivity contribution >= 4 is 11.6 Å². The Morgan fingerprint density at radius 1 is 1.52 bits per heavy atom. The number of nitrogens with one attached hydrogen (secondary N) is 2. The molecule has 1 amide bonds. The fourth-order valence-electron chi connectivity index (χ4n) is 1.87. The molecule has 1 heterocycles. The predicted octanol–water partition coefficient (Wildman–Crippen LogP) is 1.38. The van der Waals surface area contributed by atoms with Crippen molar-refractivity contribution in [2.75, 3.05) is 0 Å². The summed E-state index contributed by atoms with van der Waals surface area (Å²) in [6.45, 7) is 1.96. The van der Waals surface area contributed by atoms with Crippen LogP contribution >= 0.6 is 0 Å². The van der Waals surface area contributed by atoms with Crippen LogP contribution in [0.15, 0.2) is 24.3 Å². The van der Waals surface area contributed by atoms with Gasteiger partial charge < -0.3 is 5.32 Å².